The SMILES string of the molecule is CCCCCCC(CCCC)C(=O)N(C)CC[C@@H]1CN(CCCC(CC)CCC)CCO1. The average molecular weight is 453 g/mol. The number of amides is 1. The molecular weight excluding hydrogens is 396 g/mol. The van der Waals surface area contributed by atoms with Gasteiger partial charge in [0.25, 0.3) is 0 Å². The number of morpholine rings is 1. The second kappa shape index (κ2) is 18.8. The topological polar surface area (TPSA) is 32.8 Å². The predicted molar refractivity (Wildman–Crippen MR) is 138 cm³/mol. The van der Waals surface area contributed by atoms with Gasteiger partial charge in [-0.3, -0.25) is 9.69 Å². The molecule has 1 fully saturated rings. The molecule has 0 aromatic carbocycles. The minimum atomic E-state index is 0.218. The monoisotopic (exact) mass is 452 g/mol. The zero-order valence-electron chi connectivity index (χ0n) is 22.4. The third-order valence-electron chi connectivity index (χ3n) is 7.41. The van der Waals surface area contributed by atoms with E-state index in [0.29, 0.717) is 5.91 Å². The Kier molecular flexibility index (Phi) is 17.3. The van der Waals surface area contributed by atoms with Crippen LogP contribution in [0.3, 0.4) is 0 Å². The number of ether oxygens (including phenoxy) is 1. The van der Waals surface area contributed by atoms with E-state index >= 15 is 0 Å². The zero-order chi connectivity index (χ0) is 23.6. The Labute approximate surface area is 200 Å². The Bertz CT molecular complexity index is 457. The molecule has 0 radical (unpaired) electrons. The molecule has 0 spiro atoms. The van der Waals surface area contributed by atoms with Gasteiger partial charge in [-0.2, -0.15) is 0 Å². The van der Waals surface area contributed by atoms with Gasteiger partial charge in [0.2, 0.25) is 5.91 Å². The smallest absolute Gasteiger partial charge is 0.225 e. The Hall–Kier alpha value is -0.610. The van der Waals surface area contributed by atoms with E-state index in [4.69, 9.17) is 4.74 Å². The fourth-order valence-electron chi connectivity index (χ4n) is 5.14. The van der Waals surface area contributed by atoms with Crippen LogP contribution in [0.2, 0.25) is 0 Å². The van der Waals surface area contributed by atoms with Crippen molar-refractivity contribution in [2.45, 2.75) is 124 Å². The largest absolute Gasteiger partial charge is 0.375 e. The Morgan fingerprint density at radius 2 is 1.69 bits per heavy atom. The third kappa shape index (κ3) is 12.6. The van der Waals surface area contributed by atoms with E-state index in [1.807, 2.05) is 11.9 Å². The van der Waals surface area contributed by atoms with Crippen molar-refractivity contribution in [2.24, 2.45) is 11.8 Å². The van der Waals surface area contributed by atoms with Gasteiger partial charge in [-0.15, -0.1) is 0 Å². The highest BCUT2D eigenvalue weighted by Gasteiger charge is 2.24. The molecule has 190 valence electrons. The summed E-state index contributed by atoms with van der Waals surface area (Å²) in [7, 11) is 2.01. The number of carbonyl (C=O) groups excluding carboxylic acids is 1. The van der Waals surface area contributed by atoms with Crippen molar-refractivity contribution < 1.29 is 9.53 Å². The van der Waals surface area contributed by atoms with E-state index in [-0.39, 0.29) is 12.0 Å². The van der Waals surface area contributed by atoms with E-state index in [1.54, 1.807) is 0 Å². The minimum absolute atomic E-state index is 0.218. The molecule has 0 aromatic heterocycles. The van der Waals surface area contributed by atoms with Crippen LogP contribution in [-0.2, 0) is 9.53 Å². The van der Waals surface area contributed by atoms with Gasteiger partial charge in [-0.05, 0) is 44.6 Å². The molecule has 0 bridgehead atoms. The fraction of sp³-hybridized carbons (Fsp3) is 0.964. The molecule has 2 unspecified atom stereocenters. The van der Waals surface area contributed by atoms with Crippen molar-refractivity contribution in [3.05, 3.63) is 0 Å². The van der Waals surface area contributed by atoms with Crippen LogP contribution in [-0.4, -0.2) is 61.6 Å². The summed E-state index contributed by atoms with van der Waals surface area (Å²) >= 11 is 0. The van der Waals surface area contributed by atoms with Crippen LogP contribution in [0.4, 0.5) is 0 Å². The van der Waals surface area contributed by atoms with Crippen molar-refractivity contribution in [3.8, 4) is 0 Å². The Morgan fingerprint density at radius 1 is 0.938 bits per heavy atom. The molecule has 1 aliphatic heterocycles. The van der Waals surface area contributed by atoms with E-state index in [1.165, 1.54) is 70.8 Å². The summed E-state index contributed by atoms with van der Waals surface area (Å²) in [6, 6.07) is 0. The summed E-state index contributed by atoms with van der Waals surface area (Å²) in [6.07, 6.45) is 17.4. The minimum Gasteiger partial charge on any atom is -0.375 e. The van der Waals surface area contributed by atoms with Crippen molar-refractivity contribution in [1.82, 2.24) is 9.80 Å². The van der Waals surface area contributed by atoms with Gasteiger partial charge in [-0.25, -0.2) is 0 Å². The molecule has 4 nitrogen and oxygen atoms in total. The van der Waals surface area contributed by atoms with Crippen LogP contribution in [0.15, 0.2) is 0 Å². The lowest BCUT2D eigenvalue weighted by molar-refractivity contribution is -0.135. The first-order valence-corrected chi connectivity index (χ1v) is 14.1. The Morgan fingerprint density at radius 3 is 2.38 bits per heavy atom. The van der Waals surface area contributed by atoms with Gasteiger partial charge < -0.3 is 9.64 Å². The molecule has 1 aliphatic rings. The van der Waals surface area contributed by atoms with Crippen LogP contribution in [0.5, 0.6) is 0 Å². The van der Waals surface area contributed by atoms with E-state index in [2.05, 4.69) is 32.6 Å². The lowest BCUT2D eigenvalue weighted by Crippen LogP contribution is -2.44. The second-order valence-electron chi connectivity index (χ2n) is 10.2. The van der Waals surface area contributed by atoms with Crippen LogP contribution in [0.25, 0.3) is 0 Å². The number of unbranched alkanes of at least 4 members (excludes halogenated alkanes) is 4. The fourth-order valence-corrected chi connectivity index (χ4v) is 5.14. The van der Waals surface area contributed by atoms with Crippen LogP contribution < -0.4 is 0 Å². The number of nitrogens with zero attached hydrogens (tertiary/aromatic N) is 2. The zero-order valence-corrected chi connectivity index (χ0v) is 22.4. The van der Waals surface area contributed by atoms with Crippen molar-refractivity contribution in [1.29, 1.82) is 0 Å². The first kappa shape index (κ1) is 29.4. The van der Waals surface area contributed by atoms with Crippen LogP contribution in [0, 0.1) is 11.8 Å². The molecule has 32 heavy (non-hydrogen) atoms. The highest BCUT2D eigenvalue weighted by molar-refractivity contribution is 5.78. The van der Waals surface area contributed by atoms with Crippen molar-refractivity contribution in [2.75, 3.05) is 39.8 Å². The van der Waals surface area contributed by atoms with Gasteiger partial charge in [-0.1, -0.05) is 85.5 Å². The van der Waals surface area contributed by atoms with E-state index in [0.717, 1.165) is 57.8 Å². The predicted octanol–water partition coefficient (Wildman–Crippen LogP) is 6.92. The summed E-state index contributed by atoms with van der Waals surface area (Å²) < 4.78 is 6.06. The first-order chi connectivity index (χ1) is 15.5. The molecule has 0 saturated carbocycles. The maximum absolute atomic E-state index is 13.1. The normalized spacial score (nSPS) is 19.1. The van der Waals surface area contributed by atoms with Gasteiger partial charge in [0, 0.05) is 32.6 Å². The average Bonchev–Trinajstić information content (AvgIpc) is 2.81. The van der Waals surface area contributed by atoms with E-state index in [9.17, 15) is 4.79 Å². The molecule has 0 aromatic rings. The lowest BCUT2D eigenvalue weighted by Gasteiger charge is -2.34. The molecule has 0 N–H and O–H groups in total. The van der Waals surface area contributed by atoms with Crippen molar-refractivity contribution >= 4 is 5.91 Å². The molecule has 1 amide bonds. The summed E-state index contributed by atoms with van der Waals surface area (Å²) in [5.41, 5.74) is 0. The van der Waals surface area contributed by atoms with Crippen molar-refractivity contribution in [3.63, 3.8) is 0 Å². The lowest BCUT2D eigenvalue weighted by atomic mass is 9.94. The molecule has 0 aliphatic carbocycles. The maximum atomic E-state index is 13.1. The summed E-state index contributed by atoms with van der Waals surface area (Å²) in [4.78, 5) is 17.7. The van der Waals surface area contributed by atoms with Gasteiger partial charge >= 0.3 is 0 Å². The number of rotatable bonds is 19. The summed E-state index contributed by atoms with van der Waals surface area (Å²) in [6.45, 7) is 14.1. The summed E-state index contributed by atoms with van der Waals surface area (Å²) in [5, 5.41) is 0. The molecule has 1 rings (SSSR count). The molecule has 4 heteroatoms. The highest BCUT2D eigenvalue weighted by Crippen LogP contribution is 2.21. The second-order valence-corrected chi connectivity index (χ2v) is 10.2. The third-order valence-corrected chi connectivity index (χ3v) is 7.41. The standard InChI is InChI=1S/C28H56N2O2/c1-6-10-12-13-18-26(17-11-7-2)28(31)29(5)21-19-27-24-30(22-23-32-27)20-14-16-25(9-4)15-8-3/h25-27H,6-24H2,1-5H3/t25?,26?,27-/m1/s1. The van der Waals surface area contributed by atoms with Gasteiger partial charge in [0.15, 0.2) is 0 Å². The molecule has 3 atom stereocenters. The maximum Gasteiger partial charge on any atom is 0.225 e. The number of hydrogen-bond donors (Lipinski definition) is 0. The van der Waals surface area contributed by atoms with Gasteiger partial charge in [0.05, 0.1) is 12.7 Å². The molecule has 1 heterocycles. The van der Waals surface area contributed by atoms with Gasteiger partial charge in [0.1, 0.15) is 0 Å². The summed E-state index contributed by atoms with van der Waals surface area (Å²) in [5.74, 6) is 1.48. The van der Waals surface area contributed by atoms with Crippen LogP contribution >= 0.6 is 0 Å². The highest BCUT2D eigenvalue weighted by atomic mass is 16.5. The molecular formula is C28H56N2O2. The van der Waals surface area contributed by atoms with E-state index < -0.39 is 0 Å². The Balaban J connectivity index is 2.38. The quantitative estimate of drug-likeness (QED) is 0.199. The first-order valence-electron chi connectivity index (χ1n) is 14.1. The molecule has 1 saturated heterocycles. The number of hydrogen-bond acceptors (Lipinski definition) is 3. The van der Waals surface area contributed by atoms with Crippen LogP contribution in [0.1, 0.15) is 118 Å². The number of carbonyl (C=O) groups is 1.